The van der Waals surface area contributed by atoms with Crippen LogP contribution in [0.4, 0.5) is 26.3 Å². The number of phenolic OH excluding ortho intramolecular Hbond substituents is 1. The van der Waals surface area contributed by atoms with Crippen LogP contribution in [-0.2, 0) is 12.4 Å². The van der Waals surface area contributed by atoms with Crippen molar-refractivity contribution in [2.24, 2.45) is 0 Å². The number of carbonyl (C=O) groups excluding carboxylic acids is 1. The van der Waals surface area contributed by atoms with Crippen molar-refractivity contribution in [3.8, 4) is 5.75 Å². The van der Waals surface area contributed by atoms with Crippen molar-refractivity contribution < 1.29 is 36.2 Å². The van der Waals surface area contributed by atoms with Gasteiger partial charge in [0.15, 0.2) is 6.29 Å². The molecular weight excluding hydrogens is 254 g/mol. The van der Waals surface area contributed by atoms with Gasteiger partial charge in [-0.2, -0.15) is 26.3 Å². The highest BCUT2D eigenvalue weighted by atomic mass is 19.4. The quantitative estimate of drug-likeness (QED) is 0.620. The Bertz CT molecular complexity index is 446. The Morgan fingerprint density at radius 1 is 0.941 bits per heavy atom. The van der Waals surface area contributed by atoms with Gasteiger partial charge in [-0.05, 0) is 12.1 Å². The Morgan fingerprint density at radius 2 is 1.41 bits per heavy atom. The summed E-state index contributed by atoms with van der Waals surface area (Å²) in [4.78, 5) is 10.3. The first-order chi connectivity index (χ1) is 7.57. The van der Waals surface area contributed by atoms with Crippen LogP contribution in [0.5, 0.6) is 5.75 Å². The highest BCUT2D eigenvalue weighted by Crippen LogP contribution is 2.41. The highest BCUT2D eigenvalue weighted by molar-refractivity contribution is 5.79. The van der Waals surface area contributed by atoms with Gasteiger partial charge in [0.05, 0.1) is 11.1 Å². The summed E-state index contributed by atoms with van der Waals surface area (Å²) < 4.78 is 73.6. The number of phenols is 1. The van der Waals surface area contributed by atoms with Crippen molar-refractivity contribution in [3.05, 3.63) is 28.8 Å². The second-order valence-corrected chi connectivity index (χ2v) is 3.07. The van der Waals surface area contributed by atoms with Crippen LogP contribution in [0.3, 0.4) is 0 Å². The third kappa shape index (κ3) is 2.69. The Labute approximate surface area is 90.5 Å². The molecule has 1 aromatic carbocycles. The molecule has 0 saturated heterocycles. The first-order valence-corrected chi connectivity index (χ1v) is 4.04. The van der Waals surface area contributed by atoms with Crippen LogP contribution in [0, 0.1) is 0 Å². The molecule has 0 radical (unpaired) electrons. The SMILES string of the molecule is O=Cc1cc(C(F)(F)F)c(O)cc1C(F)(F)F. The number of hydrogen-bond acceptors (Lipinski definition) is 2. The van der Waals surface area contributed by atoms with E-state index < -0.39 is 34.8 Å². The van der Waals surface area contributed by atoms with E-state index in [9.17, 15) is 31.1 Å². The summed E-state index contributed by atoms with van der Waals surface area (Å²) in [6, 6.07) is -0.155. The van der Waals surface area contributed by atoms with Crippen LogP contribution < -0.4 is 0 Å². The Kier molecular flexibility index (Phi) is 3.09. The molecule has 0 aliphatic heterocycles. The van der Waals surface area contributed by atoms with Crippen molar-refractivity contribution in [1.29, 1.82) is 0 Å². The molecule has 1 N–H and O–H groups in total. The number of rotatable bonds is 1. The van der Waals surface area contributed by atoms with Crippen molar-refractivity contribution in [2.45, 2.75) is 12.4 Å². The minimum Gasteiger partial charge on any atom is -0.507 e. The Balaban J connectivity index is 3.51. The zero-order chi connectivity index (χ0) is 13.4. The fraction of sp³-hybridized carbons (Fsp3) is 0.222. The van der Waals surface area contributed by atoms with Gasteiger partial charge in [0.25, 0.3) is 0 Å². The van der Waals surface area contributed by atoms with E-state index in [1.54, 1.807) is 0 Å². The summed E-state index contributed by atoms with van der Waals surface area (Å²) in [6.07, 6.45) is -10.4. The summed E-state index contributed by atoms with van der Waals surface area (Å²) in [5, 5.41) is 8.87. The molecule has 0 bridgehead atoms. The molecule has 1 rings (SSSR count). The third-order valence-electron chi connectivity index (χ3n) is 1.91. The number of aldehydes is 1. The van der Waals surface area contributed by atoms with Crippen LogP contribution >= 0.6 is 0 Å². The third-order valence-corrected chi connectivity index (χ3v) is 1.91. The maximum atomic E-state index is 12.3. The zero-order valence-electron chi connectivity index (χ0n) is 7.86. The maximum Gasteiger partial charge on any atom is 0.419 e. The Hall–Kier alpha value is -1.73. The number of benzene rings is 1. The molecule has 0 spiro atoms. The molecule has 0 fully saturated rings. The van der Waals surface area contributed by atoms with Crippen molar-refractivity contribution in [2.75, 3.05) is 0 Å². The van der Waals surface area contributed by atoms with E-state index >= 15 is 0 Å². The monoisotopic (exact) mass is 258 g/mol. The lowest BCUT2D eigenvalue weighted by molar-refractivity contribution is -0.142. The number of alkyl halides is 6. The summed E-state index contributed by atoms with van der Waals surface area (Å²) >= 11 is 0. The minimum atomic E-state index is -5.04. The van der Waals surface area contributed by atoms with Gasteiger partial charge in [-0.3, -0.25) is 4.79 Å². The smallest absolute Gasteiger partial charge is 0.419 e. The number of hydrogen-bond donors (Lipinski definition) is 1. The predicted molar refractivity (Wildman–Crippen MR) is 43.5 cm³/mol. The summed E-state index contributed by atoms with van der Waals surface area (Å²) in [6.45, 7) is 0. The highest BCUT2D eigenvalue weighted by Gasteiger charge is 2.39. The first-order valence-electron chi connectivity index (χ1n) is 4.04. The molecule has 0 aliphatic carbocycles. The van der Waals surface area contributed by atoms with Gasteiger partial charge in [-0.25, -0.2) is 0 Å². The van der Waals surface area contributed by atoms with Crippen LogP contribution in [0.2, 0.25) is 0 Å². The lowest BCUT2D eigenvalue weighted by Gasteiger charge is -2.14. The van der Waals surface area contributed by atoms with E-state index in [0.717, 1.165) is 0 Å². The molecule has 17 heavy (non-hydrogen) atoms. The standard InChI is InChI=1S/C9H4F6O2/c10-8(11,12)5-2-7(17)6(9(13,14)15)1-4(5)3-16/h1-3,17H. The maximum absolute atomic E-state index is 12.3. The molecule has 1 aromatic rings. The first kappa shape index (κ1) is 13.3. The lowest BCUT2D eigenvalue weighted by Crippen LogP contribution is -2.12. The normalized spacial score (nSPS) is 12.6. The van der Waals surface area contributed by atoms with Gasteiger partial charge in [0, 0.05) is 5.56 Å². The average Bonchev–Trinajstić information content (AvgIpc) is 2.14. The van der Waals surface area contributed by atoms with E-state index in [2.05, 4.69) is 0 Å². The molecule has 0 heterocycles. The topological polar surface area (TPSA) is 37.3 Å². The molecule has 0 saturated carbocycles. The zero-order valence-corrected chi connectivity index (χ0v) is 7.86. The predicted octanol–water partition coefficient (Wildman–Crippen LogP) is 3.24. The van der Waals surface area contributed by atoms with Gasteiger partial charge in [0.1, 0.15) is 5.75 Å². The fourth-order valence-corrected chi connectivity index (χ4v) is 1.18. The van der Waals surface area contributed by atoms with Gasteiger partial charge in [-0.1, -0.05) is 0 Å². The minimum absolute atomic E-state index is 0.0366. The van der Waals surface area contributed by atoms with Gasteiger partial charge in [-0.15, -0.1) is 0 Å². The van der Waals surface area contributed by atoms with Crippen LogP contribution in [0.25, 0.3) is 0 Å². The number of carbonyl (C=O) groups is 1. The second-order valence-electron chi connectivity index (χ2n) is 3.07. The van der Waals surface area contributed by atoms with E-state index in [4.69, 9.17) is 5.11 Å². The largest absolute Gasteiger partial charge is 0.507 e. The van der Waals surface area contributed by atoms with E-state index in [-0.39, 0.29) is 18.4 Å². The van der Waals surface area contributed by atoms with Gasteiger partial charge >= 0.3 is 12.4 Å². The van der Waals surface area contributed by atoms with Crippen LogP contribution in [0.1, 0.15) is 21.5 Å². The lowest BCUT2D eigenvalue weighted by atomic mass is 10.0. The van der Waals surface area contributed by atoms with Crippen molar-refractivity contribution >= 4 is 6.29 Å². The van der Waals surface area contributed by atoms with Gasteiger partial charge in [0.2, 0.25) is 0 Å². The fourth-order valence-electron chi connectivity index (χ4n) is 1.18. The molecule has 0 unspecified atom stereocenters. The summed E-state index contributed by atoms with van der Waals surface area (Å²) in [7, 11) is 0. The molecule has 2 nitrogen and oxygen atoms in total. The molecule has 0 amide bonds. The molecule has 0 atom stereocenters. The van der Waals surface area contributed by atoms with Crippen LogP contribution in [0.15, 0.2) is 12.1 Å². The molecule has 0 aliphatic rings. The molecule has 8 heteroatoms. The van der Waals surface area contributed by atoms with Crippen LogP contribution in [-0.4, -0.2) is 11.4 Å². The van der Waals surface area contributed by atoms with Crippen molar-refractivity contribution in [1.82, 2.24) is 0 Å². The molecular formula is C9H4F6O2. The molecule has 94 valence electrons. The summed E-state index contributed by atoms with van der Waals surface area (Å²) in [5.41, 5.74) is -4.48. The van der Waals surface area contributed by atoms with E-state index in [0.29, 0.717) is 0 Å². The second kappa shape index (κ2) is 3.94. The average molecular weight is 258 g/mol. The van der Waals surface area contributed by atoms with E-state index in [1.165, 1.54) is 0 Å². The summed E-state index contributed by atoms with van der Waals surface area (Å²) in [5.74, 6) is -1.57. The van der Waals surface area contributed by atoms with Crippen molar-refractivity contribution in [3.63, 3.8) is 0 Å². The van der Waals surface area contributed by atoms with E-state index in [1.807, 2.05) is 0 Å². The Morgan fingerprint density at radius 3 is 1.76 bits per heavy atom. The number of halogens is 6. The van der Waals surface area contributed by atoms with Gasteiger partial charge < -0.3 is 5.11 Å². The molecule has 0 aromatic heterocycles. The number of aromatic hydroxyl groups is 1.